The van der Waals surface area contributed by atoms with Gasteiger partial charge in [-0.1, -0.05) is 42.5 Å². The van der Waals surface area contributed by atoms with Gasteiger partial charge in [0, 0.05) is 29.8 Å². The molecule has 3 aromatic rings. The van der Waals surface area contributed by atoms with E-state index >= 15 is 0 Å². The van der Waals surface area contributed by atoms with Crippen molar-refractivity contribution in [1.82, 2.24) is 9.88 Å². The standard InChI is InChI=1S/C26H29N3O3S/c1-18-8-6-12-23(19(18)2)28-24(30)16-29(15-22-11-7-13-32-22)25(31)14-21-17-33-26(27-21)20-9-4-3-5-10-20/h3-6,8-10,12,17,22H,7,11,13-16H2,1-2H3,(H,28,30). The largest absolute Gasteiger partial charge is 0.376 e. The topological polar surface area (TPSA) is 71.5 Å². The normalized spacial score (nSPS) is 15.4. The molecule has 0 radical (unpaired) electrons. The summed E-state index contributed by atoms with van der Waals surface area (Å²) in [5, 5.41) is 5.77. The molecule has 7 heteroatoms. The molecule has 0 spiro atoms. The van der Waals surface area contributed by atoms with Crippen LogP contribution in [0.3, 0.4) is 0 Å². The number of aryl methyl sites for hydroxylation is 1. The first-order valence-electron chi connectivity index (χ1n) is 11.2. The maximum absolute atomic E-state index is 13.2. The van der Waals surface area contributed by atoms with Gasteiger partial charge in [-0.25, -0.2) is 4.98 Å². The second-order valence-electron chi connectivity index (χ2n) is 8.39. The molecular formula is C26H29N3O3S. The molecule has 1 aliphatic heterocycles. The number of nitrogens with zero attached hydrogens (tertiary/aromatic N) is 2. The molecule has 2 amide bonds. The van der Waals surface area contributed by atoms with Gasteiger partial charge >= 0.3 is 0 Å². The summed E-state index contributed by atoms with van der Waals surface area (Å²) in [6.45, 7) is 5.09. The van der Waals surface area contributed by atoms with Crippen molar-refractivity contribution in [3.05, 3.63) is 70.7 Å². The van der Waals surface area contributed by atoms with Crippen LogP contribution in [0.1, 0.15) is 29.7 Å². The first kappa shape index (κ1) is 23.1. The van der Waals surface area contributed by atoms with E-state index in [0.29, 0.717) is 13.2 Å². The number of benzene rings is 2. The van der Waals surface area contributed by atoms with Crippen LogP contribution in [0.4, 0.5) is 5.69 Å². The Kier molecular flexibility index (Phi) is 7.52. The van der Waals surface area contributed by atoms with Crippen LogP contribution >= 0.6 is 11.3 Å². The summed E-state index contributed by atoms with van der Waals surface area (Å²) < 4.78 is 5.74. The minimum Gasteiger partial charge on any atom is -0.376 e. The summed E-state index contributed by atoms with van der Waals surface area (Å²) in [4.78, 5) is 32.3. The lowest BCUT2D eigenvalue weighted by Gasteiger charge is -2.25. The van der Waals surface area contributed by atoms with E-state index in [1.807, 2.05) is 67.8 Å². The molecule has 2 aromatic carbocycles. The molecule has 6 nitrogen and oxygen atoms in total. The van der Waals surface area contributed by atoms with Crippen LogP contribution in [0.25, 0.3) is 10.6 Å². The quantitative estimate of drug-likeness (QED) is 0.529. The molecule has 172 valence electrons. The predicted octanol–water partition coefficient (Wildman–Crippen LogP) is 4.62. The van der Waals surface area contributed by atoms with E-state index in [2.05, 4.69) is 10.3 Å². The highest BCUT2D eigenvalue weighted by Gasteiger charge is 2.25. The highest BCUT2D eigenvalue weighted by atomic mass is 32.1. The Morgan fingerprint density at radius 2 is 1.97 bits per heavy atom. The zero-order chi connectivity index (χ0) is 23.2. The van der Waals surface area contributed by atoms with Crippen molar-refractivity contribution in [2.24, 2.45) is 0 Å². The Labute approximate surface area is 198 Å². The average Bonchev–Trinajstić information content (AvgIpc) is 3.49. The molecule has 1 atom stereocenters. The second kappa shape index (κ2) is 10.7. The van der Waals surface area contributed by atoms with Crippen molar-refractivity contribution >= 4 is 28.8 Å². The SMILES string of the molecule is Cc1cccc(NC(=O)CN(CC2CCCO2)C(=O)Cc2csc(-c3ccccc3)n2)c1C. The van der Waals surface area contributed by atoms with E-state index in [0.717, 1.165) is 45.9 Å². The first-order chi connectivity index (χ1) is 16.0. The smallest absolute Gasteiger partial charge is 0.244 e. The Morgan fingerprint density at radius 3 is 2.73 bits per heavy atom. The van der Waals surface area contributed by atoms with Crippen LogP contribution in [0.15, 0.2) is 53.9 Å². The van der Waals surface area contributed by atoms with Gasteiger partial charge in [0.15, 0.2) is 0 Å². The van der Waals surface area contributed by atoms with Gasteiger partial charge in [-0.3, -0.25) is 9.59 Å². The van der Waals surface area contributed by atoms with Gasteiger partial charge in [-0.05, 0) is 43.9 Å². The number of hydrogen-bond acceptors (Lipinski definition) is 5. The number of amides is 2. The van der Waals surface area contributed by atoms with Crippen LogP contribution in [0.5, 0.6) is 0 Å². The fourth-order valence-electron chi connectivity index (χ4n) is 3.91. The Hall–Kier alpha value is -3.03. The molecular weight excluding hydrogens is 434 g/mol. The molecule has 2 heterocycles. The number of carbonyl (C=O) groups is 2. The van der Waals surface area contributed by atoms with Gasteiger partial charge < -0.3 is 15.0 Å². The van der Waals surface area contributed by atoms with Crippen LogP contribution in [-0.2, 0) is 20.7 Å². The molecule has 1 aliphatic rings. The number of thiazole rings is 1. The zero-order valence-electron chi connectivity index (χ0n) is 19.0. The highest BCUT2D eigenvalue weighted by molar-refractivity contribution is 7.13. The lowest BCUT2D eigenvalue weighted by atomic mass is 10.1. The number of ether oxygens (including phenoxy) is 1. The predicted molar refractivity (Wildman–Crippen MR) is 131 cm³/mol. The summed E-state index contributed by atoms with van der Waals surface area (Å²) in [5.41, 5.74) is 4.66. The van der Waals surface area contributed by atoms with Crippen molar-refractivity contribution in [1.29, 1.82) is 0 Å². The molecule has 1 N–H and O–H groups in total. The maximum atomic E-state index is 13.2. The summed E-state index contributed by atoms with van der Waals surface area (Å²) in [5.74, 6) is -0.329. The van der Waals surface area contributed by atoms with Crippen molar-refractivity contribution in [2.45, 2.75) is 39.2 Å². The Balaban J connectivity index is 1.44. The number of hydrogen-bond donors (Lipinski definition) is 1. The third kappa shape index (κ3) is 6.06. The molecule has 1 saturated heterocycles. The van der Waals surface area contributed by atoms with Gasteiger partial charge in [0.05, 0.1) is 24.8 Å². The minimum absolute atomic E-state index is 0.0121. The van der Waals surface area contributed by atoms with Gasteiger partial charge in [0.25, 0.3) is 0 Å². The molecule has 1 aromatic heterocycles. The number of rotatable bonds is 8. The molecule has 0 bridgehead atoms. The summed E-state index contributed by atoms with van der Waals surface area (Å²) in [6, 6.07) is 15.7. The van der Waals surface area contributed by atoms with Crippen molar-refractivity contribution in [2.75, 3.05) is 25.0 Å². The van der Waals surface area contributed by atoms with Crippen LogP contribution < -0.4 is 5.32 Å². The number of carbonyl (C=O) groups excluding carboxylic acids is 2. The van der Waals surface area contributed by atoms with Crippen molar-refractivity contribution in [3.63, 3.8) is 0 Å². The summed E-state index contributed by atoms with van der Waals surface area (Å²) >= 11 is 1.52. The van der Waals surface area contributed by atoms with E-state index in [1.165, 1.54) is 11.3 Å². The molecule has 33 heavy (non-hydrogen) atoms. The van der Waals surface area contributed by atoms with Gasteiger partial charge in [0.2, 0.25) is 11.8 Å². The highest BCUT2D eigenvalue weighted by Crippen LogP contribution is 2.24. The lowest BCUT2D eigenvalue weighted by molar-refractivity contribution is -0.135. The summed E-state index contributed by atoms with van der Waals surface area (Å²) in [7, 11) is 0. The first-order valence-corrected chi connectivity index (χ1v) is 12.1. The Morgan fingerprint density at radius 1 is 1.15 bits per heavy atom. The molecule has 1 unspecified atom stereocenters. The molecule has 1 fully saturated rings. The second-order valence-corrected chi connectivity index (χ2v) is 9.25. The van der Waals surface area contributed by atoms with Crippen molar-refractivity contribution in [3.8, 4) is 10.6 Å². The third-order valence-electron chi connectivity index (χ3n) is 5.92. The molecule has 0 saturated carbocycles. The van der Waals surface area contributed by atoms with Crippen LogP contribution in [0, 0.1) is 13.8 Å². The molecule has 0 aliphatic carbocycles. The van der Waals surface area contributed by atoms with Crippen molar-refractivity contribution < 1.29 is 14.3 Å². The lowest BCUT2D eigenvalue weighted by Crippen LogP contribution is -2.43. The third-order valence-corrected chi connectivity index (χ3v) is 6.86. The van der Waals surface area contributed by atoms with E-state index in [1.54, 1.807) is 4.90 Å². The van der Waals surface area contributed by atoms with E-state index in [-0.39, 0.29) is 30.9 Å². The average molecular weight is 464 g/mol. The van der Waals surface area contributed by atoms with E-state index in [4.69, 9.17) is 4.74 Å². The fourth-order valence-corrected chi connectivity index (χ4v) is 4.73. The fraction of sp³-hybridized carbons (Fsp3) is 0.346. The maximum Gasteiger partial charge on any atom is 0.244 e. The van der Waals surface area contributed by atoms with E-state index < -0.39 is 0 Å². The molecule has 4 rings (SSSR count). The number of anilines is 1. The number of nitrogens with one attached hydrogen (secondary N) is 1. The number of aromatic nitrogens is 1. The Bertz CT molecular complexity index is 1110. The zero-order valence-corrected chi connectivity index (χ0v) is 19.9. The monoisotopic (exact) mass is 463 g/mol. The minimum atomic E-state index is -0.210. The van der Waals surface area contributed by atoms with Gasteiger partial charge in [-0.2, -0.15) is 0 Å². The van der Waals surface area contributed by atoms with Gasteiger partial charge in [0.1, 0.15) is 5.01 Å². The summed E-state index contributed by atoms with van der Waals surface area (Å²) in [6.07, 6.45) is 2.01. The van der Waals surface area contributed by atoms with Gasteiger partial charge in [-0.15, -0.1) is 11.3 Å². The van der Waals surface area contributed by atoms with Crippen LogP contribution in [-0.4, -0.2) is 47.5 Å². The van der Waals surface area contributed by atoms with E-state index in [9.17, 15) is 9.59 Å². The van der Waals surface area contributed by atoms with Crippen LogP contribution in [0.2, 0.25) is 0 Å².